The van der Waals surface area contributed by atoms with Crippen molar-refractivity contribution in [3.63, 3.8) is 0 Å². The Balaban J connectivity index is 2.23. The van der Waals surface area contributed by atoms with E-state index in [1.165, 1.54) is 6.07 Å². The Labute approximate surface area is 120 Å². The average molecular weight is 318 g/mol. The van der Waals surface area contributed by atoms with Crippen LogP contribution in [0.4, 0.5) is 4.39 Å². The topological polar surface area (TPSA) is 59.3 Å². The highest BCUT2D eigenvalue weighted by molar-refractivity contribution is 7.91. The molecule has 0 unspecified atom stereocenters. The van der Waals surface area contributed by atoms with Crippen molar-refractivity contribution in [1.29, 1.82) is 0 Å². The third kappa shape index (κ3) is 2.21. The zero-order valence-electron chi connectivity index (χ0n) is 10.5. The van der Waals surface area contributed by atoms with Crippen molar-refractivity contribution in [1.82, 2.24) is 4.57 Å². The van der Waals surface area contributed by atoms with Crippen molar-refractivity contribution >= 4 is 32.3 Å². The lowest BCUT2D eigenvalue weighted by Gasteiger charge is -2.16. The molecule has 1 aromatic carbocycles. The van der Waals surface area contributed by atoms with E-state index < -0.39 is 15.7 Å². The van der Waals surface area contributed by atoms with E-state index in [0.717, 1.165) is 0 Å². The monoisotopic (exact) mass is 317 g/mol. The predicted molar refractivity (Wildman–Crippen MR) is 75.1 cm³/mol. The zero-order chi connectivity index (χ0) is 14.5. The molecule has 1 saturated heterocycles. The number of halogens is 2. The summed E-state index contributed by atoms with van der Waals surface area (Å²) in [6.45, 7) is -0.276. The van der Waals surface area contributed by atoms with E-state index in [1.54, 1.807) is 16.7 Å². The second-order valence-corrected chi connectivity index (χ2v) is 7.71. The molecule has 1 aromatic heterocycles. The largest absolute Gasteiger partial charge is 0.390 e. The number of aliphatic hydroxyl groups excluding tert-OH is 1. The Morgan fingerprint density at radius 3 is 2.75 bits per heavy atom. The van der Waals surface area contributed by atoms with Gasteiger partial charge in [0.15, 0.2) is 9.84 Å². The van der Waals surface area contributed by atoms with Gasteiger partial charge in [-0.25, -0.2) is 12.8 Å². The molecule has 0 aliphatic carbocycles. The average Bonchev–Trinajstić information content (AvgIpc) is 2.88. The first-order valence-corrected chi connectivity index (χ1v) is 8.41. The zero-order valence-corrected chi connectivity index (χ0v) is 12.1. The van der Waals surface area contributed by atoms with Gasteiger partial charge in [0.1, 0.15) is 5.82 Å². The minimum absolute atomic E-state index is 0.0220. The summed E-state index contributed by atoms with van der Waals surface area (Å²) in [4.78, 5) is 0. The third-order valence-corrected chi connectivity index (χ3v) is 5.63. The van der Waals surface area contributed by atoms with Crippen LogP contribution >= 0.6 is 11.6 Å². The highest BCUT2D eigenvalue weighted by Gasteiger charge is 2.31. The summed E-state index contributed by atoms with van der Waals surface area (Å²) in [5.74, 6) is -0.431. The fourth-order valence-corrected chi connectivity index (χ4v) is 4.77. The maximum absolute atomic E-state index is 14.2. The molecule has 1 aliphatic heterocycles. The third-order valence-electron chi connectivity index (χ3n) is 3.67. The molecule has 1 atom stereocenters. The van der Waals surface area contributed by atoms with Gasteiger partial charge in [-0.1, -0.05) is 11.6 Å². The van der Waals surface area contributed by atoms with Crippen LogP contribution in [0.3, 0.4) is 0 Å². The molecule has 3 rings (SSSR count). The summed E-state index contributed by atoms with van der Waals surface area (Å²) in [5, 5.41) is 10.3. The molecule has 1 fully saturated rings. The van der Waals surface area contributed by atoms with Crippen LogP contribution in [-0.2, 0) is 16.4 Å². The Bertz CT molecular complexity index is 785. The van der Waals surface area contributed by atoms with Gasteiger partial charge in [0.05, 0.1) is 23.6 Å². The molecule has 2 aromatic rings. The molecule has 7 heteroatoms. The normalized spacial score (nSPS) is 21.6. The molecule has 0 spiro atoms. The second-order valence-electron chi connectivity index (χ2n) is 5.05. The lowest BCUT2D eigenvalue weighted by Crippen LogP contribution is -2.14. The minimum atomic E-state index is -3.09. The van der Waals surface area contributed by atoms with Gasteiger partial charge in [-0.3, -0.25) is 0 Å². The molecular weight excluding hydrogens is 305 g/mol. The molecule has 0 bridgehead atoms. The van der Waals surface area contributed by atoms with E-state index in [1.807, 2.05) is 0 Å². The maximum Gasteiger partial charge on any atom is 0.152 e. The van der Waals surface area contributed by atoms with E-state index >= 15 is 0 Å². The Hall–Kier alpha value is -1.11. The Kier molecular flexibility index (Phi) is 3.27. The van der Waals surface area contributed by atoms with Crippen molar-refractivity contribution in [2.45, 2.75) is 19.1 Å². The predicted octanol–water partition coefficient (Wildman–Crippen LogP) is 2.29. The maximum atomic E-state index is 14.2. The Morgan fingerprint density at radius 2 is 2.15 bits per heavy atom. The van der Waals surface area contributed by atoms with Crippen LogP contribution in [0.25, 0.3) is 10.9 Å². The quantitative estimate of drug-likeness (QED) is 0.924. The van der Waals surface area contributed by atoms with Crippen molar-refractivity contribution in [3.05, 3.63) is 34.7 Å². The standard InChI is InChI=1S/C13H13ClFNO3S/c14-9-3-8-4-11(6-17)16(13(8)12(15)5-9)10-1-2-20(18,19)7-10/h3-5,10,17H,1-2,6-7H2/t10-/m0/s1. The fraction of sp³-hybridized carbons (Fsp3) is 0.385. The van der Waals surface area contributed by atoms with Crippen LogP contribution < -0.4 is 0 Å². The van der Waals surface area contributed by atoms with Crippen molar-refractivity contribution in [2.24, 2.45) is 0 Å². The van der Waals surface area contributed by atoms with E-state index in [2.05, 4.69) is 0 Å². The van der Waals surface area contributed by atoms with E-state index in [0.29, 0.717) is 23.0 Å². The molecule has 0 saturated carbocycles. The molecule has 1 aliphatic rings. The molecule has 1 N–H and O–H groups in total. The number of hydrogen-bond donors (Lipinski definition) is 1. The van der Waals surface area contributed by atoms with Crippen LogP contribution in [0.15, 0.2) is 18.2 Å². The number of benzene rings is 1. The van der Waals surface area contributed by atoms with Crippen LogP contribution in [0.2, 0.25) is 5.02 Å². The molecule has 108 valence electrons. The first-order chi connectivity index (χ1) is 9.41. The van der Waals surface area contributed by atoms with E-state index in [4.69, 9.17) is 11.6 Å². The van der Waals surface area contributed by atoms with E-state index in [9.17, 15) is 17.9 Å². The molecule has 0 radical (unpaired) electrons. The van der Waals surface area contributed by atoms with Gasteiger partial charge in [0, 0.05) is 22.1 Å². The van der Waals surface area contributed by atoms with Crippen LogP contribution in [-0.4, -0.2) is 29.6 Å². The van der Waals surface area contributed by atoms with Crippen molar-refractivity contribution in [3.8, 4) is 0 Å². The van der Waals surface area contributed by atoms with Crippen molar-refractivity contribution in [2.75, 3.05) is 11.5 Å². The smallest absolute Gasteiger partial charge is 0.152 e. The highest BCUT2D eigenvalue weighted by Crippen LogP contribution is 2.33. The number of aliphatic hydroxyl groups is 1. The summed E-state index contributed by atoms with van der Waals surface area (Å²) < 4.78 is 39.0. The summed E-state index contributed by atoms with van der Waals surface area (Å²) >= 11 is 5.83. The number of aromatic nitrogens is 1. The fourth-order valence-electron chi connectivity index (χ4n) is 2.86. The molecule has 2 heterocycles. The molecule has 4 nitrogen and oxygen atoms in total. The lowest BCUT2D eigenvalue weighted by atomic mass is 10.2. The van der Waals surface area contributed by atoms with Gasteiger partial charge >= 0.3 is 0 Å². The van der Waals surface area contributed by atoms with E-state index in [-0.39, 0.29) is 29.2 Å². The first-order valence-electron chi connectivity index (χ1n) is 6.21. The number of nitrogens with zero attached hydrogens (tertiary/aromatic N) is 1. The first kappa shape index (κ1) is 13.9. The van der Waals surface area contributed by atoms with Gasteiger partial charge in [0.25, 0.3) is 0 Å². The van der Waals surface area contributed by atoms with Crippen LogP contribution in [0, 0.1) is 5.82 Å². The summed E-state index contributed by atoms with van der Waals surface area (Å²) in [7, 11) is -3.09. The number of rotatable bonds is 2. The number of fused-ring (bicyclic) bond motifs is 1. The Morgan fingerprint density at radius 1 is 1.40 bits per heavy atom. The van der Waals surface area contributed by atoms with Gasteiger partial charge in [-0.05, 0) is 24.6 Å². The van der Waals surface area contributed by atoms with Gasteiger partial charge < -0.3 is 9.67 Å². The van der Waals surface area contributed by atoms with Crippen LogP contribution in [0.1, 0.15) is 18.2 Å². The minimum Gasteiger partial charge on any atom is -0.390 e. The van der Waals surface area contributed by atoms with Crippen molar-refractivity contribution < 1.29 is 17.9 Å². The highest BCUT2D eigenvalue weighted by atomic mass is 35.5. The summed E-state index contributed by atoms with van der Waals surface area (Å²) in [6.07, 6.45) is 0.432. The second kappa shape index (κ2) is 4.72. The van der Waals surface area contributed by atoms with Crippen LogP contribution in [0.5, 0.6) is 0 Å². The number of sulfone groups is 1. The molecule has 0 amide bonds. The van der Waals surface area contributed by atoms with Gasteiger partial charge in [0.2, 0.25) is 0 Å². The number of hydrogen-bond acceptors (Lipinski definition) is 3. The summed E-state index contributed by atoms with van der Waals surface area (Å²) in [5.41, 5.74) is 0.809. The molecule has 20 heavy (non-hydrogen) atoms. The SMILES string of the molecule is O=S1(=O)CC[C@H](n2c(CO)cc3cc(Cl)cc(F)c32)C1. The van der Waals surface area contributed by atoms with Gasteiger partial charge in [-0.2, -0.15) is 0 Å². The summed E-state index contributed by atoms with van der Waals surface area (Å²) in [6, 6.07) is 4.12. The molecular formula is C13H13ClFNO3S. The van der Waals surface area contributed by atoms with Gasteiger partial charge in [-0.15, -0.1) is 0 Å². The lowest BCUT2D eigenvalue weighted by molar-refractivity contribution is 0.268.